The second-order valence-electron chi connectivity index (χ2n) is 5.27. The highest BCUT2D eigenvalue weighted by molar-refractivity contribution is 9.10. The highest BCUT2D eigenvalue weighted by Gasteiger charge is 2.16. The summed E-state index contributed by atoms with van der Waals surface area (Å²) in [5.41, 5.74) is 1.70. The lowest BCUT2D eigenvalue weighted by Crippen LogP contribution is -2.27. The lowest BCUT2D eigenvalue weighted by Gasteiger charge is -2.15. The zero-order chi connectivity index (χ0) is 17.2. The van der Waals surface area contributed by atoms with E-state index in [0.29, 0.717) is 5.56 Å². The van der Waals surface area contributed by atoms with Crippen LogP contribution in [0.1, 0.15) is 34.5 Å². The van der Waals surface area contributed by atoms with Gasteiger partial charge in [-0.2, -0.15) is 0 Å². The van der Waals surface area contributed by atoms with Crippen molar-refractivity contribution >= 4 is 31.9 Å². The number of primary sulfonamides is 1. The first-order valence-electron chi connectivity index (χ1n) is 6.88. The van der Waals surface area contributed by atoms with Gasteiger partial charge in [-0.1, -0.05) is 34.1 Å². The highest BCUT2D eigenvalue weighted by atomic mass is 79.9. The van der Waals surface area contributed by atoms with E-state index in [1.54, 1.807) is 19.1 Å². The molecular formula is C16H17BrN2O3S. The van der Waals surface area contributed by atoms with E-state index < -0.39 is 10.0 Å². The number of nitrogens with one attached hydrogen (secondary N) is 1. The molecule has 3 N–H and O–H groups in total. The second-order valence-corrected chi connectivity index (χ2v) is 7.72. The maximum Gasteiger partial charge on any atom is 0.251 e. The number of rotatable bonds is 4. The molecule has 2 aromatic rings. The standard InChI is InChI=1S/C16H17BrN2O3S/c1-10-3-4-13(9-15(10)23(18,21)22)16(20)19-11(2)12-5-7-14(17)8-6-12/h3-9,11H,1-2H3,(H,19,20)(H2,18,21,22)/t11-/m0/s1. The first-order chi connectivity index (χ1) is 10.7. The third-order valence-electron chi connectivity index (χ3n) is 3.47. The minimum Gasteiger partial charge on any atom is -0.346 e. The Balaban J connectivity index is 2.22. The van der Waals surface area contributed by atoms with Crippen molar-refractivity contribution in [2.75, 3.05) is 0 Å². The van der Waals surface area contributed by atoms with Gasteiger partial charge in [0.05, 0.1) is 10.9 Å². The van der Waals surface area contributed by atoms with Crippen molar-refractivity contribution in [1.29, 1.82) is 0 Å². The molecule has 5 nitrogen and oxygen atoms in total. The number of carbonyl (C=O) groups excluding carboxylic acids is 1. The zero-order valence-electron chi connectivity index (χ0n) is 12.7. The normalized spacial score (nSPS) is 12.7. The summed E-state index contributed by atoms with van der Waals surface area (Å²) in [6, 6.07) is 11.8. The molecule has 0 spiro atoms. The molecule has 122 valence electrons. The van der Waals surface area contributed by atoms with E-state index in [2.05, 4.69) is 21.2 Å². The summed E-state index contributed by atoms with van der Waals surface area (Å²) in [6.07, 6.45) is 0. The molecule has 0 radical (unpaired) electrons. The van der Waals surface area contributed by atoms with Gasteiger partial charge in [-0.25, -0.2) is 13.6 Å². The fourth-order valence-electron chi connectivity index (χ4n) is 2.16. The highest BCUT2D eigenvalue weighted by Crippen LogP contribution is 2.19. The van der Waals surface area contributed by atoms with Crippen LogP contribution in [0.25, 0.3) is 0 Å². The Hall–Kier alpha value is -1.70. The van der Waals surface area contributed by atoms with Crippen molar-refractivity contribution in [3.05, 3.63) is 63.6 Å². The molecule has 0 saturated heterocycles. The quantitative estimate of drug-likeness (QED) is 0.832. The van der Waals surface area contributed by atoms with Crippen LogP contribution < -0.4 is 10.5 Å². The van der Waals surface area contributed by atoms with E-state index in [9.17, 15) is 13.2 Å². The van der Waals surface area contributed by atoms with Gasteiger partial charge < -0.3 is 5.32 Å². The predicted molar refractivity (Wildman–Crippen MR) is 92.6 cm³/mol. The topological polar surface area (TPSA) is 89.3 Å². The number of aryl methyl sites for hydroxylation is 1. The number of halogens is 1. The molecule has 1 amide bonds. The number of benzene rings is 2. The Labute approximate surface area is 144 Å². The summed E-state index contributed by atoms with van der Waals surface area (Å²) in [7, 11) is -3.86. The largest absolute Gasteiger partial charge is 0.346 e. The molecule has 0 aliphatic rings. The molecule has 0 heterocycles. The monoisotopic (exact) mass is 396 g/mol. The molecule has 0 aliphatic heterocycles. The van der Waals surface area contributed by atoms with E-state index in [4.69, 9.17) is 5.14 Å². The van der Waals surface area contributed by atoms with Crippen molar-refractivity contribution < 1.29 is 13.2 Å². The molecule has 7 heteroatoms. The molecule has 0 fully saturated rings. The van der Waals surface area contributed by atoms with Gasteiger partial charge in [-0.15, -0.1) is 0 Å². The summed E-state index contributed by atoms with van der Waals surface area (Å²) in [4.78, 5) is 12.3. The SMILES string of the molecule is Cc1ccc(C(=O)N[C@@H](C)c2ccc(Br)cc2)cc1S(N)(=O)=O. The Morgan fingerprint density at radius 1 is 1.17 bits per heavy atom. The molecular weight excluding hydrogens is 380 g/mol. The lowest BCUT2D eigenvalue weighted by atomic mass is 10.1. The minimum atomic E-state index is -3.86. The van der Waals surface area contributed by atoms with Gasteiger partial charge in [0, 0.05) is 10.0 Å². The Morgan fingerprint density at radius 3 is 2.35 bits per heavy atom. The van der Waals surface area contributed by atoms with Crippen LogP contribution in [0.5, 0.6) is 0 Å². The number of carbonyl (C=O) groups is 1. The van der Waals surface area contributed by atoms with E-state index >= 15 is 0 Å². The second kappa shape index (κ2) is 6.82. The zero-order valence-corrected chi connectivity index (χ0v) is 15.1. The molecule has 0 bridgehead atoms. The van der Waals surface area contributed by atoms with Crippen molar-refractivity contribution in [2.45, 2.75) is 24.8 Å². The molecule has 2 rings (SSSR count). The molecule has 2 aromatic carbocycles. The predicted octanol–water partition coefficient (Wildman–Crippen LogP) is 2.90. The van der Waals surface area contributed by atoms with Gasteiger partial charge in [0.15, 0.2) is 0 Å². The van der Waals surface area contributed by atoms with Gasteiger partial charge in [0.25, 0.3) is 5.91 Å². The Kier molecular flexibility index (Phi) is 5.23. The summed E-state index contributed by atoms with van der Waals surface area (Å²) in [5, 5.41) is 8.01. The average Bonchev–Trinajstić information content (AvgIpc) is 2.47. The Morgan fingerprint density at radius 2 is 1.78 bits per heavy atom. The maximum atomic E-state index is 12.3. The molecule has 0 unspecified atom stereocenters. The smallest absolute Gasteiger partial charge is 0.251 e. The van der Waals surface area contributed by atoms with E-state index in [1.807, 2.05) is 31.2 Å². The first-order valence-corrected chi connectivity index (χ1v) is 9.22. The van der Waals surface area contributed by atoms with Crippen LogP contribution in [0.3, 0.4) is 0 Å². The lowest BCUT2D eigenvalue weighted by molar-refractivity contribution is 0.0939. The molecule has 0 aromatic heterocycles. The van der Waals surface area contributed by atoms with Crippen LogP contribution in [-0.4, -0.2) is 14.3 Å². The maximum absolute atomic E-state index is 12.3. The summed E-state index contributed by atoms with van der Waals surface area (Å²) >= 11 is 3.36. The van der Waals surface area contributed by atoms with Crippen LogP contribution in [0.2, 0.25) is 0 Å². The van der Waals surface area contributed by atoms with E-state index in [0.717, 1.165) is 10.0 Å². The fraction of sp³-hybridized carbons (Fsp3) is 0.188. The van der Waals surface area contributed by atoms with E-state index in [1.165, 1.54) is 6.07 Å². The van der Waals surface area contributed by atoms with Crippen molar-refractivity contribution in [2.24, 2.45) is 5.14 Å². The van der Waals surface area contributed by atoms with Crippen LogP contribution in [0, 0.1) is 6.92 Å². The number of nitrogens with two attached hydrogens (primary N) is 1. The average molecular weight is 397 g/mol. The van der Waals surface area contributed by atoms with Crippen LogP contribution >= 0.6 is 15.9 Å². The summed E-state index contributed by atoms with van der Waals surface area (Å²) < 4.78 is 24.0. The van der Waals surface area contributed by atoms with Gasteiger partial charge in [-0.3, -0.25) is 4.79 Å². The summed E-state index contributed by atoms with van der Waals surface area (Å²) in [6.45, 7) is 3.49. The number of amides is 1. The van der Waals surface area contributed by atoms with Crippen LogP contribution in [0.15, 0.2) is 51.8 Å². The fourth-order valence-corrected chi connectivity index (χ4v) is 3.24. The third-order valence-corrected chi connectivity index (χ3v) is 5.06. The van der Waals surface area contributed by atoms with Crippen molar-refractivity contribution in [1.82, 2.24) is 5.32 Å². The van der Waals surface area contributed by atoms with Crippen molar-refractivity contribution in [3.8, 4) is 0 Å². The molecule has 23 heavy (non-hydrogen) atoms. The van der Waals surface area contributed by atoms with Gasteiger partial charge in [-0.05, 0) is 49.2 Å². The number of hydrogen-bond donors (Lipinski definition) is 2. The molecule has 0 saturated carbocycles. The number of sulfonamides is 1. The third kappa shape index (κ3) is 4.40. The molecule has 0 aliphatic carbocycles. The Bertz CT molecular complexity index is 833. The number of hydrogen-bond acceptors (Lipinski definition) is 3. The van der Waals surface area contributed by atoms with Crippen LogP contribution in [-0.2, 0) is 10.0 Å². The van der Waals surface area contributed by atoms with Gasteiger partial charge in [0.2, 0.25) is 10.0 Å². The van der Waals surface area contributed by atoms with E-state index in [-0.39, 0.29) is 22.4 Å². The molecule has 1 atom stereocenters. The van der Waals surface area contributed by atoms with Gasteiger partial charge >= 0.3 is 0 Å². The first kappa shape index (κ1) is 17.7. The van der Waals surface area contributed by atoms with Crippen LogP contribution in [0.4, 0.5) is 0 Å². The summed E-state index contributed by atoms with van der Waals surface area (Å²) in [5.74, 6) is -0.356. The van der Waals surface area contributed by atoms with Gasteiger partial charge in [0.1, 0.15) is 0 Å². The minimum absolute atomic E-state index is 0.0403. The van der Waals surface area contributed by atoms with Crippen molar-refractivity contribution in [3.63, 3.8) is 0 Å².